The molecule has 1 aromatic heterocycles. The van der Waals surface area contributed by atoms with E-state index < -0.39 is 19.7 Å². The first-order valence-electron chi connectivity index (χ1n) is 8.35. The molecule has 0 aliphatic rings. The lowest BCUT2D eigenvalue weighted by Gasteiger charge is -2.37. The Balaban J connectivity index is 2.93. The van der Waals surface area contributed by atoms with Gasteiger partial charge in [0, 0.05) is 29.3 Å². The first-order valence-corrected chi connectivity index (χ1v) is 12.0. The molecule has 1 N–H and O–H groups in total. The molecule has 1 heterocycles. The Labute approximate surface area is 160 Å². The normalized spacial score (nSPS) is 15.0. The summed E-state index contributed by atoms with van der Waals surface area (Å²) in [5.74, 6) is -0.0799. The standard InChI is InChI=1S/C18H30BrNO4Si/c1-12-13(19)11-20-14(15(12)23-6)16(21)18(5,22)9-10-24-25(7,8)17(2,3)4/h11,22H,9-10H2,1-8H3. The van der Waals surface area contributed by atoms with Crippen LogP contribution in [0.2, 0.25) is 18.1 Å². The van der Waals surface area contributed by atoms with Crippen LogP contribution in [0.3, 0.4) is 0 Å². The number of aromatic nitrogens is 1. The lowest BCUT2D eigenvalue weighted by molar-refractivity contribution is 0.0284. The Morgan fingerprint density at radius 3 is 2.36 bits per heavy atom. The minimum atomic E-state index is -1.92. The van der Waals surface area contributed by atoms with E-state index >= 15 is 0 Å². The summed E-state index contributed by atoms with van der Waals surface area (Å²) >= 11 is 3.37. The molecule has 1 aromatic rings. The number of ketones is 1. The van der Waals surface area contributed by atoms with Crippen molar-refractivity contribution in [3.63, 3.8) is 0 Å². The van der Waals surface area contributed by atoms with Crippen molar-refractivity contribution in [2.75, 3.05) is 13.7 Å². The molecule has 0 radical (unpaired) electrons. The van der Waals surface area contributed by atoms with Crippen LogP contribution in [0, 0.1) is 6.92 Å². The number of hydrogen-bond donors (Lipinski definition) is 1. The molecule has 7 heteroatoms. The van der Waals surface area contributed by atoms with E-state index in [-0.39, 0.29) is 17.2 Å². The Bertz CT molecular complexity index is 639. The minimum absolute atomic E-state index is 0.0798. The van der Waals surface area contributed by atoms with Crippen molar-refractivity contribution in [1.29, 1.82) is 0 Å². The molecule has 0 aliphatic carbocycles. The van der Waals surface area contributed by atoms with E-state index in [9.17, 15) is 9.90 Å². The van der Waals surface area contributed by atoms with Crippen LogP contribution >= 0.6 is 15.9 Å². The number of halogens is 1. The molecule has 25 heavy (non-hydrogen) atoms. The molecular weight excluding hydrogens is 402 g/mol. The van der Waals surface area contributed by atoms with Gasteiger partial charge in [-0.1, -0.05) is 20.8 Å². The molecule has 1 atom stereocenters. The molecular formula is C18H30BrNO4Si. The highest BCUT2D eigenvalue weighted by atomic mass is 79.9. The summed E-state index contributed by atoms with van der Waals surface area (Å²) in [6.45, 7) is 14.4. The third kappa shape index (κ3) is 5.12. The smallest absolute Gasteiger partial charge is 0.216 e. The van der Waals surface area contributed by atoms with E-state index in [2.05, 4.69) is 54.8 Å². The van der Waals surface area contributed by atoms with Crippen LogP contribution in [0.15, 0.2) is 10.7 Å². The maximum absolute atomic E-state index is 12.8. The van der Waals surface area contributed by atoms with Crippen molar-refractivity contribution in [2.24, 2.45) is 0 Å². The van der Waals surface area contributed by atoms with Gasteiger partial charge in [-0.05, 0) is 47.9 Å². The zero-order valence-electron chi connectivity index (χ0n) is 16.5. The summed E-state index contributed by atoms with van der Waals surface area (Å²) in [6.07, 6.45) is 1.76. The lowest BCUT2D eigenvalue weighted by atomic mass is 9.93. The number of Topliss-reactive ketones (excluding diaryl/α,β-unsaturated/α-hetero) is 1. The Morgan fingerprint density at radius 1 is 1.32 bits per heavy atom. The number of hydrogen-bond acceptors (Lipinski definition) is 5. The second-order valence-electron chi connectivity index (χ2n) is 8.07. The molecule has 0 saturated heterocycles. The molecule has 0 saturated carbocycles. The van der Waals surface area contributed by atoms with Crippen LogP contribution in [-0.2, 0) is 4.43 Å². The van der Waals surface area contributed by atoms with E-state index in [1.165, 1.54) is 14.0 Å². The van der Waals surface area contributed by atoms with E-state index in [1.54, 1.807) is 6.20 Å². The Hall–Kier alpha value is -0.763. The topological polar surface area (TPSA) is 68.7 Å². The van der Waals surface area contributed by atoms with Crippen LogP contribution < -0.4 is 4.74 Å². The van der Waals surface area contributed by atoms with E-state index in [1.807, 2.05) is 6.92 Å². The lowest BCUT2D eigenvalue weighted by Crippen LogP contribution is -2.43. The van der Waals surface area contributed by atoms with Gasteiger partial charge < -0.3 is 14.3 Å². The zero-order valence-corrected chi connectivity index (χ0v) is 19.1. The monoisotopic (exact) mass is 431 g/mol. The maximum Gasteiger partial charge on any atom is 0.216 e. The molecule has 5 nitrogen and oxygen atoms in total. The predicted octanol–water partition coefficient (Wildman–Crippen LogP) is 4.51. The molecule has 0 aliphatic heterocycles. The largest absolute Gasteiger partial charge is 0.494 e. The number of nitrogens with zero attached hydrogens (tertiary/aromatic N) is 1. The van der Waals surface area contributed by atoms with Crippen molar-refractivity contribution in [2.45, 2.75) is 64.8 Å². The van der Waals surface area contributed by atoms with Gasteiger partial charge in [0.05, 0.1) is 7.11 Å². The third-order valence-corrected chi connectivity index (χ3v) is 10.3. The van der Waals surface area contributed by atoms with E-state index in [0.29, 0.717) is 12.4 Å². The predicted molar refractivity (Wildman–Crippen MR) is 106 cm³/mol. The summed E-state index contributed by atoms with van der Waals surface area (Å²) in [5.41, 5.74) is -0.655. The molecule has 0 amide bonds. The Morgan fingerprint density at radius 2 is 1.88 bits per heavy atom. The summed E-state index contributed by atoms with van der Waals surface area (Å²) in [4.78, 5) is 17.0. The average Bonchev–Trinajstić information content (AvgIpc) is 2.47. The summed E-state index contributed by atoms with van der Waals surface area (Å²) in [5, 5.41) is 10.8. The van der Waals surface area contributed by atoms with Gasteiger partial charge in [-0.25, -0.2) is 4.98 Å². The number of rotatable bonds is 7. The average molecular weight is 432 g/mol. The highest BCUT2D eigenvalue weighted by molar-refractivity contribution is 9.10. The second kappa shape index (κ2) is 7.86. The third-order valence-electron chi connectivity index (χ3n) is 4.99. The van der Waals surface area contributed by atoms with Gasteiger partial charge in [-0.2, -0.15) is 0 Å². The van der Waals surface area contributed by atoms with Gasteiger partial charge in [-0.15, -0.1) is 0 Å². The molecule has 142 valence electrons. The fourth-order valence-corrected chi connectivity index (χ4v) is 3.39. The molecule has 0 spiro atoms. The molecule has 1 rings (SSSR count). The number of ether oxygens (including phenoxy) is 1. The quantitative estimate of drug-likeness (QED) is 0.507. The molecule has 0 aromatic carbocycles. The van der Waals surface area contributed by atoms with Crippen molar-refractivity contribution in [3.05, 3.63) is 21.9 Å². The Kier molecular flexibility index (Phi) is 7.00. The molecule has 0 bridgehead atoms. The number of methoxy groups -OCH3 is 1. The SMILES string of the molecule is COc1c(C(=O)C(C)(O)CCO[Si](C)(C)C(C)(C)C)ncc(Br)c1C. The summed E-state index contributed by atoms with van der Waals surface area (Å²) in [7, 11) is -0.433. The maximum atomic E-state index is 12.8. The van der Waals surface area contributed by atoms with Crippen molar-refractivity contribution < 1.29 is 19.1 Å². The zero-order chi connectivity index (χ0) is 19.6. The van der Waals surface area contributed by atoms with Crippen LogP contribution in [-0.4, -0.2) is 43.5 Å². The first-order chi connectivity index (χ1) is 11.2. The highest BCUT2D eigenvalue weighted by Crippen LogP contribution is 2.37. The van der Waals surface area contributed by atoms with Crippen LogP contribution in [0.4, 0.5) is 0 Å². The summed E-state index contributed by atoms with van der Waals surface area (Å²) < 4.78 is 12.2. The number of pyridine rings is 1. The van der Waals surface area contributed by atoms with Gasteiger partial charge >= 0.3 is 0 Å². The fourth-order valence-electron chi connectivity index (χ4n) is 2.06. The van der Waals surface area contributed by atoms with Crippen LogP contribution in [0.1, 0.15) is 50.2 Å². The van der Waals surface area contributed by atoms with Gasteiger partial charge in [0.1, 0.15) is 5.60 Å². The molecule has 0 fully saturated rings. The van der Waals surface area contributed by atoms with Gasteiger partial charge in [0.2, 0.25) is 5.78 Å². The van der Waals surface area contributed by atoms with Gasteiger partial charge in [0.25, 0.3) is 0 Å². The van der Waals surface area contributed by atoms with E-state index in [4.69, 9.17) is 9.16 Å². The van der Waals surface area contributed by atoms with Gasteiger partial charge in [0.15, 0.2) is 19.8 Å². The number of carbonyl (C=O) groups excluding carboxylic acids is 1. The molecule has 1 unspecified atom stereocenters. The summed E-state index contributed by atoms with van der Waals surface area (Å²) in [6, 6.07) is 0. The van der Waals surface area contributed by atoms with Crippen molar-refractivity contribution in [1.82, 2.24) is 4.98 Å². The van der Waals surface area contributed by atoms with Crippen molar-refractivity contribution >= 4 is 30.0 Å². The second-order valence-corrected chi connectivity index (χ2v) is 13.7. The number of carbonyl (C=O) groups is 1. The highest BCUT2D eigenvalue weighted by Gasteiger charge is 2.39. The fraction of sp³-hybridized carbons (Fsp3) is 0.667. The number of aliphatic hydroxyl groups is 1. The van der Waals surface area contributed by atoms with Crippen LogP contribution in [0.25, 0.3) is 0 Å². The minimum Gasteiger partial charge on any atom is -0.494 e. The first kappa shape index (κ1) is 22.3. The van der Waals surface area contributed by atoms with Crippen LogP contribution in [0.5, 0.6) is 5.75 Å². The van der Waals surface area contributed by atoms with E-state index in [0.717, 1.165) is 10.0 Å². The van der Waals surface area contributed by atoms with Gasteiger partial charge in [-0.3, -0.25) is 4.79 Å². The van der Waals surface area contributed by atoms with Crippen molar-refractivity contribution in [3.8, 4) is 5.75 Å².